The number of aliphatic hydroxyl groups excluding tert-OH is 1. The molecule has 4 bridgehead atoms. The van der Waals surface area contributed by atoms with Crippen LogP contribution in [0.5, 0.6) is 0 Å². The van der Waals surface area contributed by atoms with Crippen LogP contribution in [0.4, 0.5) is 0 Å². The monoisotopic (exact) mass is 654 g/mol. The molecule has 8 nitrogen and oxygen atoms in total. The molecule has 1 N–H and O–H groups in total. The molecule has 1 unspecified atom stereocenters. The maximum absolute atomic E-state index is 13.2. The van der Waals surface area contributed by atoms with E-state index in [1.165, 1.54) is 77.7 Å². The Kier molecular flexibility index (Phi) is 16.0. The zero-order valence-electron chi connectivity index (χ0n) is 29.3. The van der Waals surface area contributed by atoms with E-state index in [-0.39, 0.29) is 24.0 Å². The van der Waals surface area contributed by atoms with E-state index >= 15 is 0 Å². The second-order valence-electron chi connectivity index (χ2n) is 13.6. The predicted octanol–water partition coefficient (Wildman–Crippen LogP) is 8.86. The largest absolute Gasteiger partial charge is 0.465 e. The van der Waals surface area contributed by atoms with Gasteiger partial charge >= 0.3 is 17.9 Å². The number of fused-ring (bicyclic) bond motifs is 3. The highest BCUT2D eigenvalue weighted by molar-refractivity contribution is 5.93. The summed E-state index contributed by atoms with van der Waals surface area (Å²) in [7, 11) is 1.28. The molecule has 8 heteroatoms. The second kappa shape index (κ2) is 19.6. The molecular formula is C39H58O8. The third-order valence-corrected chi connectivity index (χ3v) is 9.53. The lowest BCUT2D eigenvalue weighted by Gasteiger charge is -2.30. The van der Waals surface area contributed by atoms with Crippen LogP contribution in [0.2, 0.25) is 0 Å². The summed E-state index contributed by atoms with van der Waals surface area (Å²) in [6, 6.07) is 1.58. The molecule has 0 fully saturated rings. The summed E-state index contributed by atoms with van der Waals surface area (Å²) in [6.45, 7) is 13.9. The van der Waals surface area contributed by atoms with Crippen LogP contribution in [0.15, 0.2) is 46.4 Å². The number of carbonyl (C=O) groups is 3. The first kappa shape index (κ1) is 38.3. The molecule has 0 saturated heterocycles. The van der Waals surface area contributed by atoms with E-state index in [1.807, 2.05) is 0 Å². The van der Waals surface area contributed by atoms with Crippen molar-refractivity contribution in [2.24, 2.45) is 5.92 Å². The Morgan fingerprint density at radius 1 is 0.894 bits per heavy atom. The van der Waals surface area contributed by atoms with Crippen LogP contribution in [0.3, 0.4) is 0 Å². The van der Waals surface area contributed by atoms with Crippen LogP contribution in [-0.4, -0.2) is 48.4 Å². The zero-order chi connectivity index (χ0) is 34.3. The molecule has 3 rings (SSSR count). The van der Waals surface area contributed by atoms with Crippen molar-refractivity contribution in [2.75, 3.05) is 7.11 Å². The van der Waals surface area contributed by atoms with Crippen molar-refractivity contribution in [1.29, 1.82) is 0 Å². The average Bonchev–Trinajstić information content (AvgIpc) is 3.61. The maximum atomic E-state index is 13.2. The van der Waals surface area contributed by atoms with Gasteiger partial charge in [0.1, 0.15) is 29.3 Å². The molecule has 0 amide bonds. The highest BCUT2D eigenvalue weighted by atomic mass is 16.6. The van der Waals surface area contributed by atoms with Crippen molar-refractivity contribution in [2.45, 2.75) is 154 Å². The number of aliphatic hydroxyl groups is 1. The minimum absolute atomic E-state index is 0.0872. The lowest BCUT2D eigenvalue weighted by Crippen LogP contribution is -2.41. The van der Waals surface area contributed by atoms with Gasteiger partial charge in [-0.1, -0.05) is 121 Å². The smallest absolute Gasteiger partial charge is 0.341 e. The highest BCUT2D eigenvalue weighted by Crippen LogP contribution is 2.40. The average molecular weight is 655 g/mol. The molecule has 0 radical (unpaired) electrons. The third kappa shape index (κ3) is 11.2. The quantitative estimate of drug-likeness (QED) is 0.0642. The molecule has 0 aliphatic carbocycles. The summed E-state index contributed by atoms with van der Waals surface area (Å²) in [4.78, 5) is 39.0. The van der Waals surface area contributed by atoms with Crippen LogP contribution >= 0.6 is 0 Å². The van der Waals surface area contributed by atoms with Gasteiger partial charge in [0, 0.05) is 18.8 Å². The Bertz CT molecular complexity index is 1240. The van der Waals surface area contributed by atoms with Crippen molar-refractivity contribution in [3.63, 3.8) is 0 Å². The first-order valence-electron chi connectivity index (χ1n) is 17.9. The van der Waals surface area contributed by atoms with Gasteiger partial charge in [0.25, 0.3) is 0 Å². The molecule has 0 aromatic carbocycles. The maximum Gasteiger partial charge on any atom is 0.341 e. The van der Waals surface area contributed by atoms with E-state index in [1.54, 1.807) is 26.0 Å². The SMILES string of the molecule is C=C(C)C1Cc2oc(cc2C(=O)OC)[C@H](C(=C)C)[C@H]2C=C(C(=O)O2)[C@@H](OC(=O)CCCCCCCCCCCCCCCCC)[C@@H]1O. The summed E-state index contributed by atoms with van der Waals surface area (Å²) in [5.74, 6) is -2.34. The fraction of sp³-hybridized carbons (Fsp3) is 0.667. The molecule has 0 spiro atoms. The van der Waals surface area contributed by atoms with Crippen molar-refractivity contribution in [3.8, 4) is 0 Å². The molecule has 2 aliphatic heterocycles. The molecule has 5 atom stereocenters. The number of esters is 3. The van der Waals surface area contributed by atoms with Gasteiger partial charge in [-0.25, -0.2) is 9.59 Å². The first-order valence-corrected chi connectivity index (χ1v) is 17.9. The first-order chi connectivity index (χ1) is 22.6. The summed E-state index contributed by atoms with van der Waals surface area (Å²) in [5.41, 5.74) is 1.53. The molecule has 0 saturated carbocycles. The molecule has 2 aliphatic rings. The van der Waals surface area contributed by atoms with Crippen LogP contribution in [-0.2, 0) is 30.2 Å². The normalized spacial score (nSPS) is 22.2. The van der Waals surface area contributed by atoms with Crippen molar-refractivity contribution in [3.05, 3.63) is 59.1 Å². The van der Waals surface area contributed by atoms with E-state index in [9.17, 15) is 19.5 Å². The number of methoxy groups -OCH3 is 1. The van der Waals surface area contributed by atoms with Crippen LogP contribution in [0, 0.1) is 5.92 Å². The number of furan rings is 1. The lowest BCUT2D eigenvalue weighted by atomic mass is 9.84. The fourth-order valence-electron chi connectivity index (χ4n) is 6.72. The standard InChI is InChI=1S/C39H58O8/c1-7-8-9-10-11-12-13-14-15-16-17-18-19-20-21-22-34(40)47-37-30-25-33(46-39(30)43)35(27(4)5)32-24-29(38(42)44-6)31(45-32)23-28(26(2)3)36(37)41/h24-25,28,33,35-37,41H,2,4,7-23H2,1,3,5-6H3/t28?,33-,35+,36-,37-/m1/s1. The number of ether oxygens (including phenoxy) is 3. The summed E-state index contributed by atoms with van der Waals surface area (Å²) in [5, 5.41) is 11.7. The Morgan fingerprint density at radius 2 is 1.45 bits per heavy atom. The van der Waals surface area contributed by atoms with Gasteiger partial charge in [0.15, 0.2) is 6.10 Å². The molecule has 1 aromatic rings. The predicted molar refractivity (Wildman–Crippen MR) is 183 cm³/mol. The Balaban J connectivity index is 1.57. The highest BCUT2D eigenvalue weighted by Gasteiger charge is 2.45. The van der Waals surface area contributed by atoms with Crippen LogP contribution in [0.1, 0.15) is 151 Å². The summed E-state index contributed by atoms with van der Waals surface area (Å²) >= 11 is 0. The van der Waals surface area contributed by atoms with E-state index in [4.69, 9.17) is 18.6 Å². The van der Waals surface area contributed by atoms with Gasteiger partial charge in [0.2, 0.25) is 0 Å². The van der Waals surface area contributed by atoms with E-state index in [0.29, 0.717) is 29.1 Å². The van der Waals surface area contributed by atoms with Gasteiger partial charge in [-0.3, -0.25) is 4.79 Å². The summed E-state index contributed by atoms with van der Waals surface area (Å²) < 4.78 is 22.7. The fourth-order valence-corrected chi connectivity index (χ4v) is 6.72. The molecule has 1 aromatic heterocycles. The zero-order valence-corrected chi connectivity index (χ0v) is 29.3. The molecular weight excluding hydrogens is 596 g/mol. The number of hydrogen-bond acceptors (Lipinski definition) is 8. The van der Waals surface area contributed by atoms with Gasteiger partial charge in [0.05, 0.1) is 18.6 Å². The third-order valence-electron chi connectivity index (χ3n) is 9.53. The Labute approximate surface area is 282 Å². The van der Waals surface area contributed by atoms with Gasteiger partial charge in [-0.15, -0.1) is 0 Å². The van der Waals surface area contributed by atoms with Crippen molar-refractivity contribution < 1.29 is 38.1 Å². The van der Waals surface area contributed by atoms with Crippen molar-refractivity contribution >= 4 is 17.9 Å². The number of rotatable bonds is 20. The Hall–Kier alpha value is -3.13. The molecule has 3 heterocycles. The van der Waals surface area contributed by atoms with Gasteiger partial charge in [-0.05, 0) is 32.4 Å². The second-order valence-corrected chi connectivity index (χ2v) is 13.6. The van der Waals surface area contributed by atoms with E-state index < -0.39 is 48.1 Å². The minimum atomic E-state index is -1.34. The lowest BCUT2D eigenvalue weighted by molar-refractivity contribution is -0.156. The number of unbranched alkanes of at least 4 members (excludes halogenated alkanes) is 14. The van der Waals surface area contributed by atoms with Gasteiger partial charge < -0.3 is 23.7 Å². The van der Waals surface area contributed by atoms with Crippen molar-refractivity contribution in [1.82, 2.24) is 0 Å². The van der Waals surface area contributed by atoms with Gasteiger partial charge in [-0.2, -0.15) is 0 Å². The topological polar surface area (TPSA) is 112 Å². The summed E-state index contributed by atoms with van der Waals surface area (Å²) in [6.07, 6.45) is 16.8. The number of hydrogen-bond donors (Lipinski definition) is 1. The van der Waals surface area contributed by atoms with E-state index in [0.717, 1.165) is 19.3 Å². The molecule has 262 valence electrons. The van der Waals surface area contributed by atoms with Crippen LogP contribution < -0.4 is 0 Å². The molecule has 47 heavy (non-hydrogen) atoms. The van der Waals surface area contributed by atoms with Crippen LogP contribution in [0.25, 0.3) is 0 Å². The number of carbonyl (C=O) groups excluding carboxylic acids is 3. The minimum Gasteiger partial charge on any atom is -0.465 e. The van der Waals surface area contributed by atoms with E-state index in [2.05, 4.69) is 20.1 Å². The Morgan fingerprint density at radius 3 is 1.96 bits per heavy atom.